The number of halogens is 1. The van der Waals surface area contributed by atoms with Crippen molar-refractivity contribution in [1.82, 2.24) is 0 Å². The van der Waals surface area contributed by atoms with Gasteiger partial charge in [0.1, 0.15) is 17.2 Å². The molecule has 6 nitrogen and oxygen atoms in total. The van der Waals surface area contributed by atoms with Crippen LogP contribution in [0.1, 0.15) is 18.1 Å². The van der Waals surface area contributed by atoms with Crippen LogP contribution in [0.4, 0.5) is 11.4 Å². The molecule has 4 rings (SSSR count). The second-order valence-electron chi connectivity index (χ2n) is 7.41. The summed E-state index contributed by atoms with van der Waals surface area (Å²) in [7, 11) is 1.53. The van der Waals surface area contributed by atoms with Crippen LogP contribution >= 0.6 is 11.6 Å². The van der Waals surface area contributed by atoms with Gasteiger partial charge in [-0.15, -0.1) is 0 Å². The van der Waals surface area contributed by atoms with Gasteiger partial charge in [-0.25, -0.2) is 4.90 Å². The van der Waals surface area contributed by atoms with Crippen molar-refractivity contribution in [2.45, 2.75) is 13.8 Å². The minimum Gasteiger partial charge on any atom is -0.496 e. The highest BCUT2D eigenvalue weighted by Crippen LogP contribution is 2.38. The van der Waals surface area contributed by atoms with Crippen molar-refractivity contribution in [3.63, 3.8) is 0 Å². The van der Waals surface area contributed by atoms with E-state index in [-0.39, 0.29) is 11.3 Å². The Morgan fingerprint density at radius 3 is 2.36 bits per heavy atom. The molecule has 0 saturated carbocycles. The number of para-hydroxylation sites is 1. The molecule has 7 heteroatoms. The molecule has 3 aromatic rings. The lowest BCUT2D eigenvalue weighted by atomic mass is 10.0. The van der Waals surface area contributed by atoms with E-state index in [2.05, 4.69) is 5.32 Å². The van der Waals surface area contributed by atoms with Crippen LogP contribution in [0.15, 0.2) is 72.4 Å². The molecule has 3 aromatic carbocycles. The van der Waals surface area contributed by atoms with E-state index in [9.17, 15) is 9.59 Å². The van der Waals surface area contributed by atoms with Gasteiger partial charge in [-0.3, -0.25) is 9.59 Å². The van der Waals surface area contributed by atoms with E-state index in [1.165, 1.54) is 12.0 Å². The second-order valence-corrected chi connectivity index (χ2v) is 7.85. The Bertz CT molecular complexity index is 1250. The van der Waals surface area contributed by atoms with E-state index in [0.29, 0.717) is 45.6 Å². The Morgan fingerprint density at radius 2 is 1.70 bits per heavy atom. The van der Waals surface area contributed by atoms with Crippen LogP contribution in [0.5, 0.6) is 11.5 Å². The van der Waals surface area contributed by atoms with Crippen molar-refractivity contribution < 1.29 is 19.1 Å². The van der Waals surface area contributed by atoms with Crippen LogP contribution in [0.2, 0.25) is 5.02 Å². The summed E-state index contributed by atoms with van der Waals surface area (Å²) in [5.74, 6) is 0.312. The molecule has 33 heavy (non-hydrogen) atoms. The predicted molar refractivity (Wildman–Crippen MR) is 130 cm³/mol. The van der Waals surface area contributed by atoms with E-state index in [1.807, 2.05) is 19.9 Å². The molecule has 0 fully saturated rings. The van der Waals surface area contributed by atoms with Crippen LogP contribution in [0, 0.1) is 6.92 Å². The first-order chi connectivity index (χ1) is 15.9. The number of nitrogens with one attached hydrogen (secondary N) is 1. The molecule has 0 radical (unpaired) electrons. The molecule has 1 N–H and O–H groups in total. The summed E-state index contributed by atoms with van der Waals surface area (Å²) < 4.78 is 11.0. The van der Waals surface area contributed by atoms with Gasteiger partial charge in [0.05, 0.1) is 25.0 Å². The standard InChI is InChI=1S/C26H23ClN2O4/c1-4-33-19-12-10-18(11-13-19)28-24-23(20-7-5-6-8-22(20)32-3)25(30)29(26(24)31)21-14-9-17(27)15-16(21)2/h5-15,28H,4H2,1-3H3. The predicted octanol–water partition coefficient (Wildman–Crippen LogP) is 5.45. The summed E-state index contributed by atoms with van der Waals surface area (Å²) in [4.78, 5) is 28.4. The summed E-state index contributed by atoms with van der Waals surface area (Å²) in [6, 6.07) is 19.4. The number of carbonyl (C=O) groups excluding carboxylic acids is 2. The van der Waals surface area contributed by atoms with Crippen LogP contribution in [-0.2, 0) is 9.59 Å². The molecular weight excluding hydrogens is 440 g/mol. The van der Waals surface area contributed by atoms with Gasteiger partial charge in [-0.2, -0.15) is 0 Å². The third-order valence-electron chi connectivity index (χ3n) is 5.29. The zero-order chi connectivity index (χ0) is 23.5. The normalized spacial score (nSPS) is 13.5. The molecule has 168 valence electrons. The SMILES string of the molecule is CCOc1ccc(NC2=C(c3ccccc3OC)C(=O)N(c3ccc(Cl)cc3C)C2=O)cc1. The minimum absolute atomic E-state index is 0.169. The largest absolute Gasteiger partial charge is 0.496 e. The van der Waals surface area contributed by atoms with Gasteiger partial charge >= 0.3 is 0 Å². The fourth-order valence-electron chi connectivity index (χ4n) is 3.78. The minimum atomic E-state index is -0.458. The lowest BCUT2D eigenvalue weighted by Gasteiger charge is -2.18. The Hall–Kier alpha value is -3.77. The van der Waals surface area contributed by atoms with Gasteiger partial charge in [0.2, 0.25) is 0 Å². The molecule has 0 aliphatic carbocycles. The molecule has 0 saturated heterocycles. The first-order valence-electron chi connectivity index (χ1n) is 10.5. The average Bonchev–Trinajstić information content (AvgIpc) is 3.04. The Morgan fingerprint density at radius 1 is 0.970 bits per heavy atom. The number of anilines is 2. The number of rotatable bonds is 7. The summed E-state index contributed by atoms with van der Waals surface area (Å²) in [6.07, 6.45) is 0. The molecule has 1 aliphatic heterocycles. The molecular formula is C26H23ClN2O4. The number of carbonyl (C=O) groups is 2. The Balaban J connectivity index is 1.82. The third-order valence-corrected chi connectivity index (χ3v) is 5.53. The molecule has 1 aliphatic rings. The average molecular weight is 463 g/mol. The molecule has 1 heterocycles. The number of hydrogen-bond acceptors (Lipinski definition) is 5. The Kier molecular flexibility index (Phi) is 6.38. The maximum Gasteiger partial charge on any atom is 0.282 e. The van der Waals surface area contributed by atoms with E-state index >= 15 is 0 Å². The number of hydrogen-bond donors (Lipinski definition) is 1. The van der Waals surface area contributed by atoms with Gasteiger partial charge in [-0.05, 0) is 67.9 Å². The van der Waals surface area contributed by atoms with Gasteiger partial charge in [-0.1, -0.05) is 29.8 Å². The van der Waals surface area contributed by atoms with Gasteiger partial charge in [0.25, 0.3) is 11.8 Å². The molecule has 0 aromatic heterocycles. The van der Waals surface area contributed by atoms with Crippen molar-refractivity contribution in [1.29, 1.82) is 0 Å². The highest BCUT2D eigenvalue weighted by atomic mass is 35.5. The van der Waals surface area contributed by atoms with E-state index < -0.39 is 11.8 Å². The summed E-state index contributed by atoms with van der Waals surface area (Å²) >= 11 is 6.09. The molecule has 2 amide bonds. The highest BCUT2D eigenvalue weighted by Gasteiger charge is 2.41. The summed E-state index contributed by atoms with van der Waals surface area (Å²) in [5.41, 5.74) is 2.78. The van der Waals surface area contributed by atoms with Crippen molar-refractivity contribution >= 4 is 40.4 Å². The molecule has 0 spiro atoms. The van der Waals surface area contributed by atoms with Crippen molar-refractivity contribution in [3.05, 3.63) is 88.6 Å². The quantitative estimate of drug-likeness (QED) is 0.473. The van der Waals surface area contributed by atoms with E-state index in [4.69, 9.17) is 21.1 Å². The highest BCUT2D eigenvalue weighted by molar-refractivity contribution is 6.46. The molecule has 0 unspecified atom stereocenters. The first kappa shape index (κ1) is 22.4. The smallest absolute Gasteiger partial charge is 0.282 e. The van der Waals surface area contributed by atoms with Crippen LogP contribution < -0.4 is 19.7 Å². The van der Waals surface area contributed by atoms with Crippen LogP contribution in [0.3, 0.4) is 0 Å². The maximum atomic E-state index is 13.7. The molecule has 0 bridgehead atoms. The monoisotopic (exact) mass is 462 g/mol. The topological polar surface area (TPSA) is 67.9 Å². The number of imide groups is 1. The van der Waals surface area contributed by atoms with Crippen molar-refractivity contribution in [3.8, 4) is 11.5 Å². The molecule has 0 atom stereocenters. The fourth-order valence-corrected chi connectivity index (χ4v) is 4.01. The number of benzene rings is 3. The number of amides is 2. The maximum absolute atomic E-state index is 13.7. The number of methoxy groups -OCH3 is 1. The Labute approximate surface area is 197 Å². The van der Waals surface area contributed by atoms with E-state index in [0.717, 1.165) is 0 Å². The van der Waals surface area contributed by atoms with Gasteiger partial charge in [0.15, 0.2) is 0 Å². The van der Waals surface area contributed by atoms with E-state index in [1.54, 1.807) is 60.7 Å². The van der Waals surface area contributed by atoms with Gasteiger partial charge < -0.3 is 14.8 Å². The number of aryl methyl sites for hydroxylation is 1. The summed E-state index contributed by atoms with van der Waals surface area (Å²) in [5, 5.41) is 3.68. The lowest BCUT2D eigenvalue weighted by Crippen LogP contribution is -2.33. The third kappa shape index (κ3) is 4.30. The lowest BCUT2D eigenvalue weighted by molar-refractivity contribution is -0.120. The summed E-state index contributed by atoms with van der Waals surface area (Å²) in [6.45, 7) is 4.27. The van der Waals surface area contributed by atoms with Gasteiger partial charge in [0, 0.05) is 16.3 Å². The van der Waals surface area contributed by atoms with Crippen molar-refractivity contribution in [2.24, 2.45) is 0 Å². The number of nitrogens with zero attached hydrogens (tertiary/aromatic N) is 1. The zero-order valence-corrected chi connectivity index (χ0v) is 19.3. The fraction of sp³-hybridized carbons (Fsp3) is 0.154. The number of ether oxygens (including phenoxy) is 2. The first-order valence-corrected chi connectivity index (χ1v) is 10.8. The van der Waals surface area contributed by atoms with Crippen LogP contribution in [0.25, 0.3) is 5.57 Å². The van der Waals surface area contributed by atoms with Crippen molar-refractivity contribution in [2.75, 3.05) is 23.9 Å². The second kappa shape index (κ2) is 9.38. The van der Waals surface area contributed by atoms with Crippen LogP contribution in [-0.4, -0.2) is 25.5 Å². The zero-order valence-electron chi connectivity index (χ0n) is 18.5.